The van der Waals surface area contributed by atoms with Crippen LogP contribution in [0.4, 0.5) is 5.69 Å². The SMILES string of the molecule is Nc1c(Cl)cc(-c2nc3c(Cl)ccc(Cl)c3[nH]2)cc1Cl. The molecule has 0 saturated heterocycles. The Bertz CT molecular complexity index is 764. The lowest BCUT2D eigenvalue weighted by Crippen LogP contribution is -1.89. The normalized spacial score (nSPS) is 11.2. The summed E-state index contributed by atoms with van der Waals surface area (Å²) in [5, 5.41) is 1.78. The molecule has 0 saturated carbocycles. The zero-order valence-corrected chi connectivity index (χ0v) is 12.9. The van der Waals surface area contributed by atoms with Gasteiger partial charge in [-0.1, -0.05) is 46.4 Å². The van der Waals surface area contributed by atoms with Crippen molar-refractivity contribution in [1.29, 1.82) is 0 Å². The van der Waals surface area contributed by atoms with Gasteiger partial charge in [-0.25, -0.2) is 4.98 Å². The molecule has 0 aliphatic heterocycles. The van der Waals surface area contributed by atoms with Gasteiger partial charge in [0.25, 0.3) is 0 Å². The third-order valence-corrected chi connectivity index (χ3v) is 4.14. The van der Waals surface area contributed by atoms with Gasteiger partial charge >= 0.3 is 0 Å². The maximum absolute atomic E-state index is 6.12. The Balaban J connectivity index is 2.25. The van der Waals surface area contributed by atoms with E-state index in [4.69, 9.17) is 52.1 Å². The fraction of sp³-hybridized carbons (Fsp3) is 0. The first-order chi connectivity index (χ1) is 9.47. The highest BCUT2D eigenvalue weighted by atomic mass is 35.5. The lowest BCUT2D eigenvalue weighted by molar-refractivity contribution is 1.34. The Hall–Kier alpha value is -1.13. The molecule has 3 rings (SSSR count). The summed E-state index contributed by atoms with van der Waals surface area (Å²) in [6.07, 6.45) is 0. The maximum Gasteiger partial charge on any atom is 0.138 e. The van der Waals surface area contributed by atoms with E-state index in [9.17, 15) is 0 Å². The Labute approximate surface area is 134 Å². The largest absolute Gasteiger partial charge is 0.396 e. The fourth-order valence-corrected chi connectivity index (χ4v) is 2.77. The van der Waals surface area contributed by atoms with E-state index in [2.05, 4.69) is 9.97 Å². The van der Waals surface area contributed by atoms with Crippen LogP contribution in [0.2, 0.25) is 20.1 Å². The molecule has 0 bridgehead atoms. The number of hydrogen-bond acceptors (Lipinski definition) is 2. The van der Waals surface area contributed by atoms with Gasteiger partial charge in [-0.2, -0.15) is 0 Å². The molecule has 1 aromatic heterocycles. The van der Waals surface area contributed by atoms with Gasteiger partial charge in [0.1, 0.15) is 11.3 Å². The molecule has 7 heteroatoms. The molecular formula is C13H7Cl4N3. The van der Waals surface area contributed by atoms with Crippen molar-refractivity contribution in [2.24, 2.45) is 0 Å². The molecule has 0 spiro atoms. The van der Waals surface area contributed by atoms with Gasteiger partial charge in [0, 0.05) is 5.56 Å². The van der Waals surface area contributed by atoms with E-state index in [-0.39, 0.29) is 0 Å². The van der Waals surface area contributed by atoms with Crippen molar-refractivity contribution in [3.63, 3.8) is 0 Å². The molecule has 1 heterocycles. The summed E-state index contributed by atoms with van der Waals surface area (Å²) in [7, 11) is 0. The average Bonchev–Trinajstić information content (AvgIpc) is 2.86. The summed E-state index contributed by atoms with van der Waals surface area (Å²) in [6.45, 7) is 0. The highest BCUT2D eigenvalue weighted by Gasteiger charge is 2.13. The molecule has 3 nitrogen and oxygen atoms in total. The number of fused-ring (bicyclic) bond motifs is 1. The summed E-state index contributed by atoms with van der Waals surface area (Å²) in [4.78, 5) is 7.53. The van der Waals surface area contributed by atoms with Gasteiger partial charge < -0.3 is 10.7 Å². The molecule has 0 aliphatic carbocycles. The molecule has 3 aromatic rings. The zero-order chi connectivity index (χ0) is 14.4. The van der Waals surface area contributed by atoms with Crippen LogP contribution in [0.15, 0.2) is 24.3 Å². The van der Waals surface area contributed by atoms with Crippen LogP contribution in [0.25, 0.3) is 22.4 Å². The highest BCUT2D eigenvalue weighted by molar-refractivity contribution is 6.40. The number of rotatable bonds is 1. The number of anilines is 1. The lowest BCUT2D eigenvalue weighted by Gasteiger charge is -2.03. The number of benzene rings is 2. The van der Waals surface area contributed by atoms with Crippen LogP contribution in [0.1, 0.15) is 0 Å². The molecule has 0 fully saturated rings. The van der Waals surface area contributed by atoms with Crippen LogP contribution in [-0.4, -0.2) is 9.97 Å². The molecule has 0 atom stereocenters. The number of H-pyrrole nitrogens is 1. The molecule has 2 aromatic carbocycles. The minimum atomic E-state index is 0.337. The Morgan fingerprint density at radius 1 is 0.900 bits per heavy atom. The van der Waals surface area contributed by atoms with E-state index < -0.39 is 0 Å². The van der Waals surface area contributed by atoms with Gasteiger partial charge in [-0.15, -0.1) is 0 Å². The van der Waals surface area contributed by atoms with Crippen LogP contribution >= 0.6 is 46.4 Å². The Morgan fingerprint density at radius 3 is 2.10 bits per heavy atom. The van der Waals surface area contributed by atoms with E-state index in [1.165, 1.54) is 0 Å². The number of hydrogen-bond donors (Lipinski definition) is 2. The summed E-state index contributed by atoms with van der Waals surface area (Å²) in [5.41, 5.74) is 8.02. The molecular weight excluding hydrogens is 340 g/mol. The van der Waals surface area contributed by atoms with Crippen molar-refractivity contribution in [1.82, 2.24) is 9.97 Å². The van der Waals surface area contributed by atoms with E-state index in [1.54, 1.807) is 24.3 Å². The van der Waals surface area contributed by atoms with Crippen LogP contribution in [0.5, 0.6) is 0 Å². The standard InChI is InChI=1S/C13H7Cl4N3/c14-6-1-2-7(15)12-11(6)19-13(20-12)5-3-8(16)10(18)9(17)4-5/h1-4H,18H2,(H,19,20). The number of nitrogens with one attached hydrogen (secondary N) is 1. The van der Waals surface area contributed by atoms with Gasteiger partial charge in [0.05, 0.1) is 31.3 Å². The number of nitrogens with zero attached hydrogens (tertiary/aromatic N) is 1. The number of nitrogens with two attached hydrogens (primary N) is 1. The molecule has 3 N–H and O–H groups in total. The number of imidazole rings is 1. The maximum atomic E-state index is 6.12. The molecule has 0 amide bonds. The predicted octanol–water partition coefficient (Wildman–Crippen LogP) is 5.43. The highest BCUT2D eigenvalue weighted by Crippen LogP contribution is 2.35. The van der Waals surface area contributed by atoms with Crippen molar-refractivity contribution in [2.45, 2.75) is 0 Å². The van der Waals surface area contributed by atoms with Gasteiger partial charge in [0.15, 0.2) is 0 Å². The summed E-state index contributed by atoms with van der Waals surface area (Å²) >= 11 is 24.3. The zero-order valence-electron chi connectivity index (χ0n) is 9.85. The summed E-state index contributed by atoms with van der Waals surface area (Å²) < 4.78 is 0. The van der Waals surface area contributed by atoms with Crippen molar-refractivity contribution in [3.05, 3.63) is 44.4 Å². The summed E-state index contributed by atoms with van der Waals surface area (Å²) in [5.74, 6) is 0.568. The minimum absolute atomic E-state index is 0.337. The first-order valence-electron chi connectivity index (χ1n) is 5.56. The summed E-state index contributed by atoms with van der Waals surface area (Å²) in [6, 6.07) is 6.77. The van der Waals surface area contributed by atoms with Crippen molar-refractivity contribution in [2.75, 3.05) is 5.73 Å². The third kappa shape index (κ3) is 2.21. The van der Waals surface area contributed by atoms with E-state index in [0.29, 0.717) is 48.2 Å². The quantitative estimate of drug-likeness (QED) is 0.577. The molecule has 0 unspecified atom stereocenters. The smallest absolute Gasteiger partial charge is 0.138 e. The molecule has 102 valence electrons. The number of aromatic nitrogens is 2. The molecule has 0 radical (unpaired) electrons. The minimum Gasteiger partial charge on any atom is -0.396 e. The van der Waals surface area contributed by atoms with Gasteiger partial charge in [0.2, 0.25) is 0 Å². The van der Waals surface area contributed by atoms with Crippen molar-refractivity contribution >= 4 is 63.1 Å². The van der Waals surface area contributed by atoms with Gasteiger partial charge in [-0.05, 0) is 24.3 Å². The Kier molecular flexibility index (Phi) is 3.46. The van der Waals surface area contributed by atoms with Crippen LogP contribution < -0.4 is 5.73 Å². The number of halogens is 4. The topological polar surface area (TPSA) is 54.7 Å². The van der Waals surface area contributed by atoms with E-state index in [0.717, 1.165) is 0 Å². The van der Waals surface area contributed by atoms with Crippen LogP contribution in [0.3, 0.4) is 0 Å². The average molecular weight is 347 g/mol. The first kappa shape index (κ1) is 13.8. The van der Waals surface area contributed by atoms with E-state index >= 15 is 0 Å². The fourth-order valence-electron chi connectivity index (χ4n) is 1.89. The van der Waals surface area contributed by atoms with Gasteiger partial charge in [-0.3, -0.25) is 0 Å². The second kappa shape index (κ2) is 5.01. The number of nitrogen functional groups attached to an aromatic ring is 1. The third-order valence-electron chi connectivity index (χ3n) is 2.90. The second-order valence-corrected chi connectivity index (χ2v) is 5.82. The molecule has 0 aliphatic rings. The Morgan fingerprint density at radius 2 is 1.50 bits per heavy atom. The number of aromatic amines is 1. The first-order valence-corrected chi connectivity index (χ1v) is 7.07. The monoisotopic (exact) mass is 345 g/mol. The molecule has 20 heavy (non-hydrogen) atoms. The predicted molar refractivity (Wildman–Crippen MR) is 86.0 cm³/mol. The second-order valence-electron chi connectivity index (χ2n) is 4.19. The van der Waals surface area contributed by atoms with Crippen molar-refractivity contribution < 1.29 is 0 Å². The lowest BCUT2D eigenvalue weighted by atomic mass is 10.2. The van der Waals surface area contributed by atoms with E-state index in [1.807, 2.05) is 0 Å². The van der Waals surface area contributed by atoms with Crippen molar-refractivity contribution in [3.8, 4) is 11.4 Å². The van der Waals surface area contributed by atoms with Crippen LogP contribution in [-0.2, 0) is 0 Å². The van der Waals surface area contributed by atoms with Crippen LogP contribution in [0, 0.1) is 0 Å².